The number of aromatic nitrogens is 4. The first kappa shape index (κ1) is 8.61. The van der Waals surface area contributed by atoms with E-state index >= 15 is 0 Å². The van der Waals surface area contributed by atoms with Crippen LogP contribution in [0.4, 0.5) is 5.82 Å². The second-order valence-electron chi connectivity index (χ2n) is 3.03. The van der Waals surface area contributed by atoms with Crippen molar-refractivity contribution in [3.8, 4) is 0 Å². The van der Waals surface area contributed by atoms with Crippen molar-refractivity contribution < 1.29 is 0 Å². The molecule has 0 unspecified atom stereocenters. The van der Waals surface area contributed by atoms with Crippen molar-refractivity contribution in [1.82, 2.24) is 24.7 Å². The van der Waals surface area contributed by atoms with E-state index in [1.165, 1.54) is 0 Å². The van der Waals surface area contributed by atoms with Crippen LogP contribution in [0.3, 0.4) is 0 Å². The first-order chi connectivity index (χ1) is 6.75. The van der Waals surface area contributed by atoms with Gasteiger partial charge >= 0.3 is 0 Å². The Hall–Kier alpha value is -1.98. The Kier molecular flexibility index (Phi) is 2.10. The van der Waals surface area contributed by atoms with Gasteiger partial charge in [0.25, 0.3) is 0 Å². The quantitative estimate of drug-likeness (QED) is 0.506. The lowest BCUT2D eigenvalue weighted by Crippen LogP contribution is -2.07. The molecule has 0 bridgehead atoms. The second kappa shape index (κ2) is 3.41. The SMILES string of the molecule is CN(C)C=Nc1ccc2nncn2n1. The van der Waals surface area contributed by atoms with Crippen LogP contribution in [0.15, 0.2) is 23.5 Å². The van der Waals surface area contributed by atoms with Gasteiger partial charge in [-0.25, -0.2) is 4.99 Å². The van der Waals surface area contributed by atoms with Crippen molar-refractivity contribution in [1.29, 1.82) is 0 Å². The Balaban J connectivity index is 2.34. The molecule has 0 fully saturated rings. The average molecular weight is 190 g/mol. The molecule has 6 heteroatoms. The van der Waals surface area contributed by atoms with Gasteiger partial charge in [-0.05, 0) is 12.1 Å². The predicted molar refractivity (Wildman–Crippen MR) is 52.6 cm³/mol. The van der Waals surface area contributed by atoms with Crippen LogP contribution >= 0.6 is 0 Å². The van der Waals surface area contributed by atoms with E-state index in [0.717, 1.165) is 0 Å². The fraction of sp³-hybridized carbons (Fsp3) is 0.250. The number of aliphatic imine (C=N–C) groups is 1. The van der Waals surface area contributed by atoms with Crippen molar-refractivity contribution >= 4 is 17.8 Å². The van der Waals surface area contributed by atoms with E-state index in [-0.39, 0.29) is 0 Å². The number of hydrogen-bond donors (Lipinski definition) is 0. The maximum Gasteiger partial charge on any atom is 0.177 e. The molecule has 2 aromatic rings. The molecule has 6 nitrogen and oxygen atoms in total. The molecule has 0 spiro atoms. The smallest absolute Gasteiger partial charge is 0.177 e. The molecule has 0 aliphatic heterocycles. The Bertz CT molecular complexity index is 458. The molecule has 0 saturated heterocycles. The van der Waals surface area contributed by atoms with Gasteiger partial charge in [-0.2, -0.15) is 4.52 Å². The molecule has 0 aromatic carbocycles. The summed E-state index contributed by atoms with van der Waals surface area (Å²) >= 11 is 0. The highest BCUT2D eigenvalue weighted by Crippen LogP contribution is 2.06. The maximum atomic E-state index is 4.17. The van der Waals surface area contributed by atoms with Crippen molar-refractivity contribution in [2.24, 2.45) is 4.99 Å². The lowest BCUT2D eigenvalue weighted by atomic mass is 10.5. The summed E-state index contributed by atoms with van der Waals surface area (Å²) in [5, 5.41) is 11.7. The number of rotatable bonds is 2. The van der Waals surface area contributed by atoms with Crippen molar-refractivity contribution in [2.75, 3.05) is 14.1 Å². The molecule has 0 saturated carbocycles. The zero-order chi connectivity index (χ0) is 9.97. The first-order valence-electron chi connectivity index (χ1n) is 4.13. The lowest BCUT2D eigenvalue weighted by Gasteiger charge is -2.01. The Labute approximate surface area is 80.9 Å². The van der Waals surface area contributed by atoms with Crippen LogP contribution in [0.2, 0.25) is 0 Å². The monoisotopic (exact) mass is 190 g/mol. The molecule has 0 radical (unpaired) electrons. The molecule has 0 N–H and O–H groups in total. The van der Waals surface area contributed by atoms with Gasteiger partial charge in [-0.15, -0.1) is 15.3 Å². The van der Waals surface area contributed by atoms with Crippen LogP contribution in [0.5, 0.6) is 0 Å². The zero-order valence-electron chi connectivity index (χ0n) is 7.99. The van der Waals surface area contributed by atoms with E-state index in [0.29, 0.717) is 11.5 Å². The van der Waals surface area contributed by atoms with E-state index < -0.39 is 0 Å². The van der Waals surface area contributed by atoms with Gasteiger partial charge in [-0.3, -0.25) is 0 Å². The molecule has 72 valence electrons. The van der Waals surface area contributed by atoms with Crippen LogP contribution in [-0.2, 0) is 0 Å². The molecule has 0 aliphatic carbocycles. The molecule has 14 heavy (non-hydrogen) atoms. The Morgan fingerprint density at radius 1 is 1.43 bits per heavy atom. The minimum Gasteiger partial charge on any atom is -0.369 e. The topological polar surface area (TPSA) is 58.7 Å². The van der Waals surface area contributed by atoms with Crippen LogP contribution < -0.4 is 0 Å². The molecule has 2 aromatic heterocycles. The number of fused-ring (bicyclic) bond motifs is 1. The van der Waals surface area contributed by atoms with Crippen LogP contribution in [-0.4, -0.2) is 45.1 Å². The lowest BCUT2D eigenvalue weighted by molar-refractivity contribution is 0.642. The summed E-state index contributed by atoms with van der Waals surface area (Å²) in [6.45, 7) is 0. The highest BCUT2D eigenvalue weighted by atomic mass is 15.4. The summed E-state index contributed by atoms with van der Waals surface area (Å²) in [6, 6.07) is 3.62. The predicted octanol–water partition coefficient (Wildman–Crippen LogP) is 0.346. The molecular formula is C8H10N6. The molecule has 0 amide bonds. The molecule has 0 aliphatic rings. The van der Waals surface area contributed by atoms with E-state index in [1.54, 1.807) is 23.2 Å². The summed E-state index contributed by atoms with van der Waals surface area (Å²) < 4.78 is 1.59. The fourth-order valence-electron chi connectivity index (χ4n) is 0.962. The highest BCUT2D eigenvalue weighted by molar-refractivity contribution is 5.59. The summed E-state index contributed by atoms with van der Waals surface area (Å²) in [7, 11) is 3.81. The van der Waals surface area contributed by atoms with E-state index in [9.17, 15) is 0 Å². The Morgan fingerprint density at radius 3 is 3.07 bits per heavy atom. The van der Waals surface area contributed by atoms with Crippen LogP contribution in [0.25, 0.3) is 5.65 Å². The summed E-state index contributed by atoms with van der Waals surface area (Å²) in [5.41, 5.74) is 0.716. The summed E-state index contributed by atoms with van der Waals surface area (Å²) in [5.74, 6) is 0.631. The summed E-state index contributed by atoms with van der Waals surface area (Å²) in [4.78, 5) is 5.99. The number of hydrogen-bond acceptors (Lipinski definition) is 4. The minimum atomic E-state index is 0.631. The van der Waals surface area contributed by atoms with Crippen molar-refractivity contribution in [3.05, 3.63) is 18.5 Å². The standard InChI is InChI=1S/C8H10N6/c1-13(2)5-9-7-3-4-8-11-10-6-14(8)12-7/h3-6H,1-2H3. The van der Waals surface area contributed by atoms with Crippen LogP contribution in [0, 0.1) is 0 Å². The van der Waals surface area contributed by atoms with Gasteiger partial charge in [0.2, 0.25) is 0 Å². The minimum absolute atomic E-state index is 0.631. The first-order valence-corrected chi connectivity index (χ1v) is 4.13. The fourth-order valence-corrected chi connectivity index (χ4v) is 0.962. The zero-order valence-corrected chi connectivity index (χ0v) is 7.99. The van der Waals surface area contributed by atoms with Crippen LogP contribution in [0.1, 0.15) is 0 Å². The van der Waals surface area contributed by atoms with Gasteiger partial charge in [0.1, 0.15) is 6.33 Å². The molecule has 2 rings (SSSR count). The van der Waals surface area contributed by atoms with Crippen molar-refractivity contribution in [3.63, 3.8) is 0 Å². The average Bonchev–Trinajstić information content (AvgIpc) is 2.61. The normalized spacial score (nSPS) is 11.3. The highest BCUT2D eigenvalue weighted by Gasteiger charge is 1.96. The van der Waals surface area contributed by atoms with Gasteiger partial charge in [-0.1, -0.05) is 0 Å². The van der Waals surface area contributed by atoms with Gasteiger partial charge in [0, 0.05) is 14.1 Å². The van der Waals surface area contributed by atoms with E-state index in [4.69, 9.17) is 0 Å². The molecule has 0 atom stereocenters. The second-order valence-corrected chi connectivity index (χ2v) is 3.03. The van der Waals surface area contributed by atoms with Gasteiger partial charge < -0.3 is 4.90 Å². The Morgan fingerprint density at radius 2 is 2.29 bits per heavy atom. The third kappa shape index (κ3) is 1.68. The number of nitrogens with zero attached hydrogens (tertiary/aromatic N) is 6. The van der Waals surface area contributed by atoms with Gasteiger partial charge in [0.05, 0.1) is 6.34 Å². The van der Waals surface area contributed by atoms with E-state index in [2.05, 4.69) is 20.3 Å². The largest absolute Gasteiger partial charge is 0.369 e. The van der Waals surface area contributed by atoms with Crippen molar-refractivity contribution in [2.45, 2.75) is 0 Å². The third-order valence-electron chi connectivity index (χ3n) is 1.57. The third-order valence-corrected chi connectivity index (χ3v) is 1.57. The maximum absolute atomic E-state index is 4.17. The van der Waals surface area contributed by atoms with E-state index in [1.807, 2.05) is 25.1 Å². The molecule has 2 heterocycles. The summed E-state index contributed by atoms with van der Waals surface area (Å²) in [6.07, 6.45) is 3.24. The van der Waals surface area contributed by atoms with Gasteiger partial charge in [0.15, 0.2) is 11.5 Å². The molecular weight excluding hydrogens is 180 g/mol.